The van der Waals surface area contributed by atoms with Crippen LogP contribution in [0.2, 0.25) is 0 Å². The van der Waals surface area contributed by atoms with Crippen molar-refractivity contribution in [3.63, 3.8) is 0 Å². The molecule has 0 radical (unpaired) electrons. The number of benzene rings is 1. The minimum atomic E-state index is -0.853. The van der Waals surface area contributed by atoms with Gasteiger partial charge in [-0.25, -0.2) is 0 Å². The van der Waals surface area contributed by atoms with E-state index in [0.29, 0.717) is 24.0 Å². The number of nitrogens with one attached hydrogen (secondary N) is 1. The lowest BCUT2D eigenvalue weighted by Gasteiger charge is -2.23. The Morgan fingerprint density at radius 2 is 1.90 bits per heavy atom. The first kappa shape index (κ1) is 15.4. The van der Waals surface area contributed by atoms with E-state index in [1.165, 1.54) is 6.07 Å². The van der Waals surface area contributed by atoms with Gasteiger partial charge in [0.1, 0.15) is 5.75 Å². The lowest BCUT2D eigenvalue weighted by atomic mass is 9.94. The Morgan fingerprint density at radius 3 is 2.57 bits per heavy atom. The largest absolute Gasteiger partial charge is 0.508 e. The number of rotatable bonds is 3. The van der Waals surface area contributed by atoms with Gasteiger partial charge in [-0.15, -0.1) is 0 Å². The standard InChI is InChI=1S/C16H21NO4/c1-10-7-8-11(9-14(10)18)15(19)17-13-6-4-2-3-5-12(13)16(20)21/h7-9,12-13,18H,2-6H2,1H3,(H,17,19)(H,20,21). The zero-order valence-corrected chi connectivity index (χ0v) is 12.1. The molecule has 1 aliphatic rings. The Labute approximate surface area is 124 Å². The number of carbonyl (C=O) groups is 2. The van der Waals surface area contributed by atoms with Gasteiger partial charge in [0.05, 0.1) is 5.92 Å². The number of aliphatic carboxylic acids is 1. The molecule has 0 heterocycles. The van der Waals surface area contributed by atoms with Gasteiger partial charge in [-0.2, -0.15) is 0 Å². The van der Waals surface area contributed by atoms with Gasteiger partial charge in [0, 0.05) is 11.6 Å². The Kier molecular flexibility index (Phi) is 4.83. The van der Waals surface area contributed by atoms with Gasteiger partial charge in [-0.05, 0) is 37.5 Å². The molecule has 1 aromatic rings. The summed E-state index contributed by atoms with van der Waals surface area (Å²) in [4.78, 5) is 23.6. The van der Waals surface area contributed by atoms with Gasteiger partial charge in [-0.3, -0.25) is 9.59 Å². The van der Waals surface area contributed by atoms with E-state index in [0.717, 1.165) is 19.3 Å². The molecule has 0 saturated heterocycles. The molecule has 1 amide bonds. The van der Waals surface area contributed by atoms with E-state index >= 15 is 0 Å². The Balaban J connectivity index is 2.12. The number of carboxylic acids is 1. The summed E-state index contributed by atoms with van der Waals surface area (Å²) >= 11 is 0. The predicted octanol–water partition coefficient (Wildman–Crippen LogP) is 2.46. The highest BCUT2D eigenvalue weighted by Crippen LogP contribution is 2.24. The monoisotopic (exact) mass is 291 g/mol. The highest BCUT2D eigenvalue weighted by atomic mass is 16.4. The van der Waals surface area contributed by atoms with Gasteiger partial charge >= 0.3 is 5.97 Å². The molecule has 2 rings (SSSR count). The average molecular weight is 291 g/mol. The summed E-state index contributed by atoms with van der Waals surface area (Å²) < 4.78 is 0. The fourth-order valence-corrected chi connectivity index (χ4v) is 2.78. The SMILES string of the molecule is Cc1ccc(C(=O)NC2CCCCCC2C(=O)O)cc1O. The molecule has 0 aliphatic heterocycles. The van der Waals surface area contributed by atoms with E-state index in [2.05, 4.69) is 5.32 Å². The molecule has 1 fully saturated rings. The number of carbonyl (C=O) groups excluding carboxylic acids is 1. The molecule has 1 saturated carbocycles. The zero-order chi connectivity index (χ0) is 15.4. The second-order valence-corrected chi connectivity index (χ2v) is 5.66. The number of phenolic OH excluding ortho intramolecular Hbond substituents is 1. The molecule has 1 aromatic carbocycles. The van der Waals surface area contributed by atoms with Crippen molar-refractivity contribution in [1.82, 2.24) is 5.32 Å². The molecular formula is C16H21NO4. The van der Waals surface area contributed by atoms with Gasteiger partial charge in [0.15, 0.2) is 0 Å². The minimum absolute atomic E-state index is 0.0679. The molecule has 3 N–H and O–H groups in total. The maximum absolute atomic E-state index is 12.2. The lowest BCUT2D eigenvalue weighted by Crippen LogP contribution is -2.42. The fraction of sp³-hybridized carbons (Fsp3) is 0.500. The molecule has 21 heavy (non-hydrogen) atoms. The van der Waals surface area contributed by atoms with Gasteiger partial charge < -0.3 is 15.5 Å². The van der Waals surface area contributed by atoms with Crippen molar-refractivity contribution >= 4 is 11.9 Å². The first-order chi connectivity index (χ1) is 9.99. The van der Waals surface area contributed by atoms with Crippen molar-refractivity contribution in [3.8, 4) is 5.75 Å². The number of hydrogen-bond acceptors (Lipinski definition) is 3. The maximum atomic E-state index is 12.2. The van der Waals surface area contributed by atoms with Crippen LogP contribution in [0.4, 0.5) is 0 Å². The predicted molar refractivity (Wildman–Crippen MR) is 78.3 cm³/mol. The van der Waals surface area contributed by atoms with Crippen LogP contribution >= 0.6 is 0 Å². The molecule has 5 nitrogen and oxygen atoms in total. The summed E-state index contributed by atoms with van der Waals surface area (Å²) in [6, 6.07) is 4.38. The Hall–Kier alpha value is -2.04. The third-order valence-corrected chi connectivity index (χ3v) is 4.12. The quantitative estimate of drug-likeness (QED) is 0.747. The normalized spacial score (nSPS) is 22.3. The molecule has 0 spiro atoms. The molecule has 1 aliphatic carbocycles. The van der Waals surface area contributed by atoms with Crippen LogP contribution in [0, 0.1) is 12.8 Å². The zero-order valence-electron chi connectivity index (χ0n) is 12.1. The number of hydrogen-bond donors (Lipinski definition) is 3. The minimum Gasteiger partial charge on any atom is -0.508 e. The molecule has 2 unspecified atom stereocenters. The number of amides is 1. The van der Waals surface area contributed by atoms with E-state index in [-0.39, 0.29) is 17.7 Å². The van der Waals surface area contributed by atoms with Crippen molar-refractivity contribution < 1.29 is 19.8 Å². The van der Waals surface area contributed by atoms with Crippen LogP contribution in [0.15, 0.2) is 18.2 Å². The van der Waals surface area contributed by atoms with E-state index in [1.807, 2.05) is 0 Å². The molecule has 0 aromatic heterocycles. The van der Waals surface area contributed by atoms with Crippen LogP contribution in [-0.2, 0) is 4.79 Å². The van der Waals surface area contributed by atoms with Crippen LogP contribution in [0.5, 0.6) is 5.75 Å². The number of carboxylic acid groups (broad SMARTS) is 1. The lowest BCUT2D eigenvalue weighted by molar-refractivity contribution is -0.142. The van der Waals surface area contributed by atoms with Crippen LogP contribution < -0.4 is 5.32 Å². The van der Waals surface area contributed by atoms with Crippen LogP contribution in [0.25, 0.3) is 0 Å². The highest BCUT2D eigenvalue weighted by molar-refractivity contribution is 5.95. The highest BCUT2D eigenvalue weighted by Gasteiger charge is 2.30. The second kappa shape index (κ2) is 6.61. The van der Waals surface area contributed by atoms with Gasteiger partial charge in [0.25, 0.3) is 5.91 Å². The number of aromatic hydroxyl groups is 1. The Bertz CT molecular complexity index is 541. The van der Waals surface area contributed by atoms with E-state index in [9.17, 15) is 19.8 Å². The average Bonchev–Trinajstić information content (AvgIpc) is 2.67. The maximum Gasteiger partial charge on any atom is 0.308 e. The number of aryl methyl sites for hydroxylation is 1. The number of phenols is 1. The summed E-state index contributed by atoms with van der Waals surface area (Å²) in [5.74, 6) is -1.65. The van der Waals surface area contributed by atoms with Crippen LogP contribution in [0.3, 0.4) is 0 Å². The van der Waals surface area contributed by atoms with E-state index < -0.39 is 11.9 Å². The molecule has 0 bridgehead atoms. The molecule has 2 atom stereocenters. The van der Waals surface area contributed by atoms with Crippen molar-refractivity contribution in [2.24, 2.45) is 5.92 Å². The smallest absolute Gasteiger partial charge is 0.308 e. The second-order valence-electron chi connectivity index (χ2n) is 5.66. The first-order valence-electron chi connectivity index (χ1n) is 7.32. The summed E-state index contributed by atoms with van der Waals surface area (Å²) in [6.07, 6.45) is 4.09. The van der Waals surface area contributed by atoms with Crippen molar-refractivity contribution in [1.29, 1.82) is 0 Å². The van der Waals surface area contributed by atoms with E-state index in [4.69, 9.17) is 0 Å². The van der Waals surface area contributed by atoms with Crippen LogP contribution in [0.1, 0.15) is 48.0 Å². The topological polar surface area (TPSA) is 86.6 Å². The van der Waals surface area contributed by atoms with E-state index in [1.54, 1.807) is 19.1 Å². The summed E-state index contributed by atoms with van der Waals surface area (Å²) in [7, 11) is 0. The fourth-order valence-electron chi connectivity index (χ4n) is 2.78. The van der Waals surface area contributed by atoms with Crippen molar-refractivity contribution in [3.05, 3.63) is 29.3 Å². The summed E-state index contributed by atoms with van der Waals surface area (Å²) in [5.41, 5.74) is 1.05. The third kappa shape index (κ3) is 3.74. The molecule has 5 heteroatoms. The Morgan fingerprint density at radius 1 is 1.19 bits per heavy atom. The van der Waals surface area contributed by atoms with Gasteiger partial charge in [0.2, 0.25) is 0 Å². The summed E-state index contributed by atoms with van der Waals surface area (Å²) in [5, 5.41) is 21.8. The first-order valence-corrected chi connectivity index (χ1v) is 7.32. The third-order valence-electron chi connectivity index (χ3n) is 4.12. The van der Waals surface area contributed by atoms with Crippen LogP contribution in [-0.4, -0.2) is 28.1 Å². The van der Waals surface area contributed by atoms with Crippen molar-refractivity contribution in [2.45, 2.75) is 45.1 Å². The summed E-state index contributed by atoms with van der Waals surface area (Å²) in [6.45, 7) is 1.75. The molecule has 114 valence electrons. The van der Waals surface area contributed by atoms with Gasteiger partial charge in [-0.1, -0.05) is 25.3 Å². The van der Waals surface area contributed by atoms with Crippen molar-refractivity contribution in [2.75, 3.05) is 0 Å². The molecular weight excluding hydrogens is 270 g/mol.